The number of nitrogens with one attached hydrogen (secondary N) is 1. The predicted octanol–water partition coefficient (Wildman–Crippen LogP) is 0.435. The normalized spacial score (nSPS) is 14.3. The second kappa shape index (κ2) is 5.88. The first kappa shape index (κ1) is 16.6. The Morgan fingerprint density at radius 3 is 2.65 bits per heavy atom. The van der Waals surface area contributed by atoms with Gasteiger partial charge in [0, 0.05) is 4.47 Å². The molecule has 0 fully saturated rings. The van der Waals surface area contributed by atoms with Crippen molar-refractivity contribution < 1.29 is 23.4 Å². The van der Waals surface area contributed by atoms with E-state index in [1.807, 2.05) is 4.72 Å². The number of carboxylic acid groups (broad SMARTS) is 1. The van der Waals surface area contributed by atoms with Crippen LogP contribution in [0.4, 0.5) is 0 Å². The van der Waals surface area contributed by atoms with Crippen molar-refractivity contribution >= 4 is 31.9 Å². The number of nitrogens with zero attached hydrogens (tertiary/aromatic N) is 1. The average Bonchev–Trinajstić information content (AvgIpc) is 2.36. The molecule has 1 unspecified atom stereocenters. The van der Waals surface area contributed by atoms with Crippen molar-refractivity contribution in [3.63, 3.8) is 0 Å². The number of hydrogen-bond donors (Lipinski definition) is 3. The van der Waals surface area contributed by atoms with Crippen molar-refractivity contribution in [3.05, 3.63) is 28.2 Å². The topological polar surface area (TPSA) is 127 Å². The van der Waals surface area contributed by atoms with E-state index in [1.54, 1.807) is 6.07 Å². The predicted molar refractivity (Wildman–Crippen MR) is 72.3 cm³/mol. The largest absolute Gasteiger partial charge is 0.479 e. The van der Waals surface area contributed by atoms with E-state index in [2.05, 4.69) is 15.9 Å². The van der Waals surface area contributed by atoms with Gasteiger partial charge in [-0.1, -0.05) is 6.07 Å². The van der Waals surface area contributed by atoms with Crippen LogP contribution in [0.1, 0.15) is 12.5 Å². The molecule has 0 amide bonds. The summed E-state index contributed by atoms with van der Waals surface area (Å²) in [6.45, 7) is 0.242. The number of aliphatic carboxylic acids is 1. The minimum atomic E-state index is -4.12. The summed E-state index contributed by atoms with van der Waals surface area (Å²) in [5.41, 5.74) is -2.35. The molecule has 0 radical (unpaired) electrons. The van der Waals surface area contributed by atoms with Crippen LogP contribution in [0.25, 0.3) is 0 Å². The monoisotopic (exact) mass is 362 g/mol. The molecule has 0 saturated heterocycles. The molecule has 1 rings (SSSR count). The second-order valence-electron chi connectivity index (χ2n) is 4.13. The summed E-state index contributed by atoms with van der Waals surface area (Å²) in [4.78, 5) is 10.4. The Morgan fingerprint density at radius 1 is 1.55 bits per heavy atom. The Morgan fingerprint density at radius 2 is 2.15 bits per heavy atom. The molecular weight excluding hydrogens is 352 g/mol. The van der Waals surface area contributed by atoms with Gasteiger partial charge in [0.25, 0.3) is 0 Å². The fourth-order valence-electron chi connectivity index (χ4n) is 1.23. The van der Waals surface area contributed by atoms with Gasteiger partial charge in [0.1, 0.15) is 11.0 Å². The molecule has 7 nitrogen and oxygen atoms in total. The van der Waals surface area contributed by atoms with Crippen molar-refractivity contribution in [2.75, 3.05) is 6.54 Å². The van der Waals surface area contributed by atoms with Crippen LogP contribution >= 0.6 is 15.9 Å². The van der Waals surface area contributed by atoms with Crippen LogP contribution in [0.3, 0.4) is 0 Å². The second-order valence-corrected chi connectivity index (χ2v) is 6.72. The lowest BCUT2D eigenvalue weighted by atomic mass is 10.1. The maximum Gasteiger partial charge on any atom is 0.336 e. The van der Waals surface area contributed by atoms with E-state index in [4.69, 9.17) is 10.4 Å². The summed E-state index contributed by atoms with van der Waals surface area (Å²) in [5, 5.41) is 27.2. The number of aliphatic hydroxyl groups is 1. The lowest BCUT2D eigenvalue weighted by molar-refractivity contribution is -0.155. The van der Waals surface area contributed by atoms with Gasteiger partial charge in [-0.2, -0.15) is 5.26 Å². The van der Waals surface area contributed by atoms with Gasteiger partial charge in [0.15, 0.2) is 5.60 Å². The van der Waals surface area contributed by atoms with Gasteiger partial charge in [0.2, 0.25) is 10.0 Å². The van der Waals surface area contributed by atoms with Gasteiger partial charge in [0.05, 0.1) is 12.1 Å². The Labute approximate surface area is 124 Å². The van der Waals surface area contributed by atoms with Gasteiger partial charge in [-0.25, -0.2) is 17.9 Å². The zero-order valence-corrected chi connectivity index (χ0v) is 12.7. The Bertz CT molecular complexity index is 679. The van der Waals surface area contributed by atoms with E-state index in [1.165, 1.54) is 18.2 Å². The molecule has 0 aliphatic carbocycles. The van der Waals surface area contributed by atoms with E-state index in [-0.39, 0.29) is 10.5 Å². The number of nitriles is 1. The van der Waals surface area contributed by atoms with E-state index in [9.17, 15) is 18.3 Å². The molecule has 0 bridgehead atoms. The molecule has 3 N–H and O–H groups in total. The fraction of sp³-hybridized carbons (Fsp3) is 0.273. The van der Waals surface area contributed by atoms with Gasteiger partial charge < -0.3 is 10.2 Å². The van der Waals surface area contributed by atoms with Crippen molar-refractivity contribution in [1.29, 1.82) is 5.26 Å². The SMILES string of the molecule is CC(O)(CNS(=O)(=O)c1cccc(Br)c1C#N)C(=O)O. The highest BCUT2D eigenvalue weighted by Gasteiger charge is 2.32. The van der Waals surface area contributed by atoms with Gasteiger partial charge in [-0.05, 0) is 35.0 Å². The summed E-state index contributed by atoms with van der Waals surface area (Å²) in [6, 6.07) is 5.88. The molecule has 1 atom stereocenters. The highest BCUT2D eigenvalue weighted by molar-refractivity contribution is 9.10. The molecule has 9 heteroatoms. The number of carboxylic acids is 1. The minimum Gasteiger partial charge on any atom is -0.479 e. The summed E-state index contributed by atoms with van der Waals surface area (Å²) < 4.78 is 26.4. The van der Waals surface area contributed by atoms with Crippen molar-refractivity contribution in [1.82, 2.24) is 4.72 Å². The average molecular weight is 363 g/mol. The van der Waals surface area contributed by atoms with Crippen LogP contribution in [-0.4, -0.2) is 36.7 Å². The highest BCUT2D eigenvalue weighted by Crippen LogP contribution is 2.23. The number of rotatable bonds is 5. The molecule has 0 aromatic heterocycles. The van der Waals surface area contributed by atoms with Crippen LogP contribution in [0.15, 0.2) is 27.6 Å². The molecule has 0 saturated carbocycles. The molecule has 1 aromatic rings. The van der Waals surface area contributed by atoms with Crippen LogP contribution in [-0.2, 0) is 14.8 Å². The van der Waals surface area contributed by atoms with Crippen LogP contribution in [0, 0.1) is 11.3 Å². The van der Waals surface area contributed by atoms with Crippen molar-refractivity contribution in [2.45, 2.75) is 17.4 Å². The third-order valence-electron chi connectivity index (χ3n) is 2.44. The zero-order valence-electron chi connectivity index (χ0n) is 10.3. The first-order valence-electron chi connectivity index (χ1n) is 5.26. The fourth-order valence-corrected chi connectivity index (χ4v) is 3.12. The van der Waals surface area contributed by atoms with Gasteiger partial charge >= 0.3 is 5.97 Å². The summed E-state index contributed by atoms with van der Waals surface area (Å²) >= 11 is 3.06. The molecule has 0 heterocycles. The smallest absolute Gasteiger partial charge is 0.336 e. The number of carbonyl (C=O) groups is 1. The van der Waals surface area contributed by atoms with Crippen LogP contribution < -0.4 is 4.72 Å². The Balaban J connectivity index is 3.12. The first-order valence-corrected chi connectivity index (χ1v) is 7.53. The molecule has 0 aliphatic heterocycles. The lowest BCUT2D eigenvalue weighted by Gasteiger charge is -2.18. The molecule has 108 valence electrons. The number of sulfonamides is 1. The van der Waals surface area contributed by atoms with E-state index < -0.39 is 28.1 Å². The Kier molecular flexibility index (Phi) is 4.88. The summed E-state index contributed by atoms with van der Waals surface area (Å²) in [7, 11) is -4.12. The minimum absolute atomic E-state index is 0.102. The summed E-state index contributed by atoms with van der Waals surface area (Å²) in [6.07, 6.45) is 0. The number of hydrogen-bond acceptors (Lipinski definition) is 5. The molecule has 20 heavy (non-hydrogen) atoms. The standard InChI is InChI=1S/C11H11BrN2O5S/c1-11(17,10(15)16)6-14-20(18,19)9-4-2-3-8(12)7(9)5-13/h2-4,14,17H,6H2,1H3,(H,15,16). The van der Waals surface area contributed by atoms with E-state index in [0.29, 0.717) is 4.47 Å². The molecular formula is C11H11BrN2O5S. The third-order valence-corrected chi connectivity index (χ3v) is 4.55. The highest BCUT2D eigenvalue weighted by atomic mass is 79.9. The maximum absolute atomic E-state index is 12.0. The number of benzene rings is 1. The van der Waals surface area contributed by atoms with Crippen LogP contribution in [0.2, 0.25) is 0 Å². The van der Waals surface area contributed by atoms with Gasteiger partial charge in [-0.15, -0.1) is 0 Å². The third kappa shape index (κ3) is 3.55. The first-order chi connectivity index (χ1) is 9.12. The lowest BCUT2D eigenvalue weighted by Crippen LogP contribution is -2.46. The van der Waals surface area contributed by atoms with Crippen molar-refractivity contribution in [2.24, 2.45) is 0 Å². The molecule has 0 aliphatic rings. The zero-order chi connectivity index (χ0) is 15.6. The van der Waals surface area contributed by atoms with E-state index >= 15 is 0 Å². The summed E-state index contributed by atoms with van der Waals surface area (Å²) in [5.74, 6) is -1.56. The quantitative estimate of drug-likeness (QED) is 0.696. The van der Waals surface area contributed by atoms with Crippen LogP contribution in [0.5, 0.6) is 0 Å². The molecule has 0 spiro atoms. The molecule has 1 aromatic carbocycles. The number of halogens is 1. The van der Waals surface area contributed by atoms with E-state index in [0.717, 1.165) is 6.92 Å². The van der Waals surface area contributed by atoms with Gasteiger partial charge in [-0.3, -0.25) is 0 Å². The Hall–Kier alpha value is -1.47. The maximum atomic E-state index is 12.0. The van der Waals surface area contributed by atoms with Crippen molar-refractivity contribution in [3.8, 4) is 6.07 Å².